The van der Waals surface area contributed by atoms with Gasteiger partial charge >= 0.3 is 5.97 Å². The molecule has 290 valence electrons. The average molecular weight is 776 g/mol. The van der Waals surface area contributed by atoms with Crippen molar-refractivity contribution in [1.29, 1.82) is 0 Å². The van der Waals surface area contributed by atoms with E-state index in [1.807, 2.05) is 0 Å². The van der Waals surface area contributed by atoms with Crippen LogP contribution in [0.1, 0.15) is 33.2 Å². The maximum atomic E-state index is 13.6. The number of nitrogens with one attached hydrogen (secondary N) is 4. The molecule has 4 aromatic rings. The Labute approximate surface area is 320 Å². The summed E-state index contributed by atoms with van der Waals surface area (Å²) >= 11 is 4.75. The third-order valence-corrected chi connectivity index (χ3v) is 9.49. The molecular weight excluding hydrogens is 735 g/mol. The lowest BCUT2D eigenvalue weighted by atomic mass is 9.88. The van der Waals surface area contributed by atoms with Gasteiger partial charge in [-0.1, -0.05) is 96.2 Å². The summed E-state index contributed by atoms with van der Waals surface area (Å²) < 4.78 is 7.13. The number of thiol groups is 1. The molecule has 1 aromatic heterocycles. The first-order valence-electron chi connectivity index (χ1n) is 17.2. The van der Waals surface area contributed by atoms with Crippen LogP contribution < -0.4 is 21.3 Å². The van der Waals surface area contributed by atoms with Crippen molar-refractivity contribution in [3.05, 3.63) is 120 Å². The Morgan fingerprint density at radius 2 is 1.31 bits per heavy atom. The highest BCUT2D eigenvalue weighted by atomic mass is 32.1. The van der Waals surface area contributed by atoms with Gasteiger partial charge in [-0.05, 0) is 16.7 Å². The van der Waals surface area contributed by atoms with Crippen LogP contribution in [0.5, 0.6) is 0 Å². The van der Waals surface area contributed by atoms with Crippen molar-refractivity contribution < 1.29 is 49.1 Å². The second-order valence-corrected chi connectivity index (χ2v) is 13.4. The summed E-state index contributed by atoms with van der Waals surface area (Å²) in [5, 5.41) is 58.7. The maximum Gasteiger partial charge on any atom is 0.322 e. The van der Waals surface area contributed by atoms with Gasteiger partial charge in [0.1, 0.15) is 43.0 Å². The molecule has 0 saturated carbocycles. The van der Waals surface area contributed by atoms with Gasteiger partial charge < -0.3 is 46.4 Å². The van der Waals surface area contributed by atoms with Crippen LogP contribution in [0, 0.1) is 0 Å². The van der Waals surface area contributed by atoms with E-state index < -0.39 is 90.7 Å². The lowest BCUT2D eigenvalue weighted by Crippen LogP contribution is -2.59. The third kappa shape index (κ3) is 10.3. The summed E-state index contributed by atoms with van der Waals surface area (Å²) in [4.78, 5) is 62.3. The first-order chi connectivity index (χ1) is 26.4. The number of aliphatic hydroxyl groups excluding tert-OH is 3. The molecule has 4 amide bonds. The number of carbonyl (C=O) groups excluding carboxylic acids is 4. The fraction of sp³-hybridized carbons (Fsp3) is 0.324. The number of hydrogen-bond acceptors (Lipinski definition) is 12. The first kappa shape index (κ1) is 40.5. The molecule has 2 heterocycles. The fourth-order valence-corrected chi connectivity index (χ4v) is 6.65. The molecule has 0 aliphatic carbocycles. The van der Waals surface area contributed by atoms with Crippen molar-refractivity contribution in [3.63, 3.8) is 0 Å². The van der Waals surface area contributed by atoms with Crippen LogP contribution >= 0.6 is 12.6 Å². The van der Waals surface area contributed by atoms with Gasteiger partial charge in [-0.3, -0.25) is 24.0 Å². The van der Waals surface area contributed by atoms with Crippen LogP contribution in [0.3, 0.4) is 0 Å². The van der Waals surface area contributed by atoms with E-state index in [2.05, 4.69) is 31.6 Å². The van der Waals surface area contributed by atoms with Crippen LogP contribution in [0.4, 0.5) is 0 Å². The van der Waals surface area contributed by atoms with E-state index >= 15 is 0 Å². The number of aliphatic carboxylic acids is 1. The van der Waals surface area contributed by atoms with E-state index in [1.165, 1.54) is 6.20 Å². The maximum absolute atomic E-state index is 13.6. The second kappa shape index (κ2) is 18.6. The minimum Gasteiger partial charge on any atom is -0.480 e. The smallest absolute Gasteiger partial charge is 0.322 e. The second-order valence-electron chi connectivity index (χ2n) is 12.8. The number of hydrogen-bond donors (Lipinski definition) is 9. The quantitative estimate of drug-likeness (QED) is 0.0629. The van der Waals surface area contributed by atoms with Gasteiger partial charge in [-0.2, -0.15) is 0 Å². The minimum absolute atomic E-state index is 0.0000733. The monoisotopic (exact) mass is 775 g/mol. The molecule has 5 rings (SSSR count). The number of nitrogens with zero attached hydrogens (tertiary/aromatic N) is 3. The van der Waals surface area contributed by atoms with Gasteiger partial charge in [0.15, 0.2) is 10.6 Å². The van der Waals surface area contributed by atoms with Crippen molar-refractivity contribution in [2.24, 2.45) is 0 Å². The van der Waals surface area contributed by atoms with Crippen molar-refractivity contribution >= 4 is 42.2 Å². The van der Waals surface area contributed by atoms with Crippen LogP contribution in [-0.4, -0.2) is 115 Å². The number of rotatable bonds is 16. The highest BCUT2D eigenvalue weighted by Crippen LogP contribution is 2.48. The molecular formula is C37H41N7O10S. The molecule has 1 aliphatic rings. The van der Waals surface area contributed by atoms with Crippen LogP contribution in [0.15, 0.2) is 97.2 Å². The molecule has 1 saturated heterocycles. The van der Waals surface area contributed by atoms with Gasteiger partial charge in [0.05, 0.1) is 19.3 Å². The number of ether oxygens (including phenoxy) is 1. The topological polar surface area (TPSA) is 254 Å². The Hall–Kier alpha value is -5.66. The minimum atomic E-state index is -1.65. The number of aromatic nitrogens is 3. The highest BCUT2D eigenvalue weighted by Gasteiger charge is 2.54. The number of carboxylic acids is 1. The molecule has 1 aliphatic heterocycles. The van der Waals surface area contributed by atoms with Gasteiger partial charge in [0.2, 0.25) is 17.7 Å². The number of carboxylic acid groups (broad SMARTS) is 1. The highest BCUT2D eigenvalue weighted by molar-refractivity contribution is 7.81. The molecule has 1 fully saturated rings. The summed E-state index contributed by atoms with van der Waals surface area (Å²) in [5.41, 5.74) is 1.56. The van der Waals surface area contributed by atoms with Crippen LogP contribution in [0.2, 0.25) is 0 Å². The Morgan fingerprint density at radius 1 is 0.782 bits per heavy atom. The lowest BCUT2D eigenvalue weighted by molar-refractivity contribution is -0.221. The molecule has 0 spiro atoms. The standard InChI is InChI=1S/C37H41N7O10S/c45-21-28-31(49)32(50)33(37(55,54-28)24-14-8-3-9-15-24)44-20-27(42-43-44)36(53)41-26(17-23-12-6-2-7-13-23)35(52)38-18-29(46)40-25(34(51)39-19-30(47)48)16-22-10-4-1-5-11-22/h1-15,20,25-26,28,31-33,45,49-50,55H,16-19,21H2,(H,38,52)(H,39,51)(H,40,46)(H,41,53)(H,47,48)/t25-,26-,28+,31-,32-,33+,37+/m0/s1. The summed E-state index contributed by atoms with van der Waals surface area (Å²) in [6, 6.07) is 22.4. The number of aliphatic hydroxyl groups is 3. The third-order valence-electron chi connectivity index (χ3n) is 8.86. The molecule has 0 bridgehead atoms. The van der Waals surface area contributed by atoms with Crippen molar-refractivity contribution in [1.82, 2.24) is 36.3 Å². The molecule has 55 heavy (non-hydrogen) atoms. The molecule has 0 radical (unpaired) electrons. The molecule has 18 heteroatoms. The molecule has 17 nitrogen and oxygen atoms in total. The van der Waals surface area contributed by atoms with Crippen LogP contribution in [0.25, 0.3) is 0 Å². The Kier molecular flexibility index (Phi) is 13.7. The Morgan fingerprint density at radius 3 is 1.85 bits per heavy atom. The zero-order valence-corrected chi connectivity index (χ0v) is 30.2. The number of carbonyl (C=O) groups is 5. The molecule has 0 unspecified atom stereocenters. The van der Waals surface area contributed by atoms with Gasteiger partial charge in [-0.15, -0.1) is 17.7 Å². The van der Waals surface area contributed by atoms with Crippen molar-refractivity contribution in [2.75, 3.05) is 19.7 Å². The number of benzene rings is 3. The lowest BCUT2D eigenvalue weighted by Gasteiger charge is -2.48. The largest absolute Gasteiger partial charge is 0.480 e. The van der Waals surface area contributed by atoms with Gasteiger partial charge in [0.25, 0.3) is 5.91 Å². The van der Waals surface area contributed by atoms with E-state index in [1.54, 1.807) is 91.0 Å². The Balaban J connectivity index is 1.30. The van der Waals surface area contributed by atoms with E-state index in [4.69, 9.17) is 22.5 Å². The van der Waals surface area contributed by atoms with Gasteiger partial charge in [0, 0.05) is 12.8 Å². The van der Waals surface area contributed by atoms with Crippen molar-refractivity contribution in [3.8, 4) is 0 Å². The normalized spacial score (nSPS) is 21.7. The molecule has 8 N–H and O–H groups in total. The van der Waals surface area contributed by atoms with E-state index in [-0.39, 0.29) is 18.5 Å². The van der Waals surface area contributed by atoms with Gasteiger partial charge in [-0.25, -0.2) is 4.68 Å². The Bertz CT molecular complexity index is 1940. The van der Waals surface area contributed by atoms with E-state index in [0.717, 1.165) is 4.68 Å². The summed E-state index contributed by atoms with van der Waals surface area (Å²) in [7, 11) is 0. The SMILES string of the molecule is O=C(O)CNC(=O)[C@H](Cc1ccccc1)NC(=O)CNC(=O)[C@H](Cc1ccccc1)NC(=O)c1cn([C@@H]2[C@@H](O)[C@@H](O)[C@@H](CO)O[C@@]2(S)c2ccccc2)nn1. The summed E-state index contributed by atoms with van der Waals surface area (Å²) in [5.74, 6) is -4.34. The zero-order chi connectivity index (χ0) is 39.5. The van der Waals surface area contributed by atoms with E-state index in [9.17, 15) is 39.3 Å². The molecule has 7 atom stereocenters. The zero-order valence-electron chi connectivity index (χ0n) is 29.3. The summed E-state index contributed by atoms with van der Waals surface area (Å²) in [6.07, 6.45) is -3.09. The summed E-state index contributed by atoms with van der Waals surface area (Å²) in [6.45, 7) is -1.86. The van der Waals surface area contributed by atoms with Crippen molar-refractivity contribution in [2.45, 2.75) is 54.2 Å². The predicted molar refractivity (Wildman–Crippen MR) is 197 cm³/mol. The molecule has 3 aromatic carbocycles. The number of amides is 4. The average Bonchev–Trinajstić information content (AvgIpc) is 3.68. The fourth-order valence-electron chi connectivity index (χ4n) is 6.09. The predicted octanol–water partition coefficient (Wildman–Crippen LogP) is -0.899. The van der Waals surface area contributed by atoms with E-state index in [0.29, 0.717) is 16.7 Å². The van der Waals surface area contributed by atoms with Crippen LogP contribution in [-0.2, 0) is 41.7 Å². The first-order valence-corrected chi connectivity index (χ1v) is 17.6.